The number of hydrogen-bond acceptors (Lipinski definition) is 4. The van der Waals surface area contributed by atoms with Crippen LogP contribution in [0, 0.1) is 6.92 Å². The number of aryl methyl sites for hydroxylation is 2. The molecule has 0 bridgehead atoms. The van der Waals surface area contributed by atoms with E-state index in [1.807, 2.05) is 24.1 Å². The highest BCUT2D eigenvalue weighted by Crippen LogP contribution is 2.23. The molecule has 0 saturated heterocycles. The van der Waals surface area contributed by atoms with Gasteiger partial charge in [0.15, 0.2) is 0 Å². The first-order valence-electron chi connectivity index (χ1n) is 5.96. The van der Waals surface area contributed by atoms with Gasteiger partial charge in [0.25, 0.3) is 5.56 Å². The van der Waals surface area contributed by atoms with E-state index in [2.05, 4.69) is 25.8 Å². The number of hydrogen-bond donors (Lipinski definition) is 0. The molecule has 0 N–H and O–H groups in total. The van der Waals surface area contributed by atoms with Crippen LogP contribution in [0.1, 0.15) is 26.3 Å². The molecular formula is C13H18N2OS2. The van der Waals surface area contributed by atoms with E-state index in [0.717, 1.165) is 28.1 Å². The van der Waals surface area contributed by atoms with Crippen molar-refractivity contribution in [1.29, 1.82) is 0 Å². The molecule has 2 aromatic heterocycles. The zero-order chi connectivity index (χ0) is 13.3. The van der Waals surface area contributed by atoms with Gasteiger partial charge in [-0.05, 0) is 17.9 Å². The maximum absolute atomic E-state index is 12.2. The minimum atomic E-state index is 0.0904. The lowest BCUT2D eigenvalue weighted by Gasteiger charge is -2.17. The summed E-state index contributed by atoms with van der Waals surface area (Å²) in [4.78, 5) is 16.6. The van der Waals surface area contributed by atoms with Gasteiger partial charge >= 0.3 is 0 Å². The SMILES string of the molecule is Cc1csc2c(=O)n(CCSC(C)(C)C)cnc12. The third-order valence-electron chi connectivity index (χ3n) is 2.59. The van der Waals surface area contributed by atoms with E-state index in [1.54, 1.807) is 10.9 Å². The second kappa shape index (κ2) is 5.05. The average molecular weight is 282 g/mol. The van der Waals surface area contributed by atoms with E-state index in [0.29, 0.717) is 0 Å². The third-order valence-corrected chi connectivity index (χ3v) is 4.92. The summed E-state index contributed by atoms with van der Waals surface area (Å²) in [6.45, 7) is 9.27. The number of thioether (sulfide) groups is 1. The normalized spacial score (nSPS) is 12.2. The summed E-state index contributed by atoms with van der Waals surface area (Å²) >= 11 is 3.35. The lowest BCUT2D eigenvalue weighted by Crippen LogP contribution is -2.22. The first-order valence-corrected chi connectivity index (χ1v) is 7.82. The summed E-state index contributed by atoms with van der Waals surface area (Å²) in [5, 5.41) is 1.99. The highest BCUT2D eigenvalue weighted by atomic mass is 32.2. The molecule has 0 radical (unpaired) electrons. The molecule has 0 aliphatic heterocycles. The fourth-order valence-corrected chi connectivity index (χ4v) is 3.52. The molecule has 0 fully saturated rings. The molecule has 0 spiro atoms. The smallest absolute Gasteiger partial charge is 0.271 e. The zero-order valence-electron chi connectivity index (χ0n) is 11.2. The molecule has 2 rings (SSSR count). The standard InChI is InChI=1S/C13H18N2OS2/c1-9-7-17-11-10(9)14-8-15(12(11)16)5-6-18-13(2,3)4/h7-8H,5-6H2,1-4H3. The lowest BCUT2D eigenvalue weighted by atomic mass is 10.3. The highest BCUT2D eigenvalue weighted by molar-refractivity contribution is 8.00. The van der Waals surface area contributed by atoms with Crippen LogP contribution in [0.5, 0.6) is 0 Å². The summed E-state index contributed by atoms with van der Waals surface area (Å²) in [5.74, 6) is 0.931. The van der Waals surface area contributed by atoms with Crippen molar-refractivity contribution in [2.24, 2.45) is 0 Å². The summed E-state index contributed by atoms with van der Waals surface area (Å²) in [6, 6.07) is 0. The highest BCUT2D eigenvalue weighted by Gasteiger charge is 2.11. The number of rotatable bonds is 3. The Bertz CT molecular complexity index is 607. The fraction of sp³-hybridized carbons (Fsp3) is 0.538. The molecule has 2 aromatic rings. The summed E-state index contributed by atoms with van der Waals surface area (Å²) in [5.41, 5.74) is 2.03. The molecule has 0 atom stereocenters. The Hall–Kier alpha value is -0.810. The molecule has 0 amide bonds. The maximum atomic E-state index is 12.2. The molecule has 2 heterocycles. The van der Waals surface area contributed by atoms with E-state index in [4.69, 9.17) is 0 Å². The minimum Gasteiger partial charge on any atom is -0.297 e. The van der Waals surface area contributed by atoms with Gasteiger partial charge in [-0.2, -0.15) is 11.8 Å². The van der Waals surface area contributed by atoms with E-state index in [-0.39, 0.29) is 10.3 Å². The molecule has 5 heteroatoms. The van der Waals surface area contributed by atoms with Crippen molar-refractivity contribution in [3.05, 3.63) is 27.6 Å². The van der Waals surface area contributed by atoms with Crippen LogP contribution in [-0.4, -0.2) is 20.1 Å². The summed E-state index contributed by atoms with van der Waals surface area (Å²) in [6.07, 6.45) is 1.67. The van der Waals surface area contributed by atoms with Crippen molar-refractivity contribution in [1.82, 2.24) is 9.55 Å². The lowest BCUT2D eigenvalue weighted by molar-refractivity contribution is 0.718. The first kappa shape index (κ1) is 13.6. The molecule has 0 aliphatic rings. The quantitative estimate of drug-likeness (QED) is 0.866. The van der Waals surface area contributed by atoms with E-state index in [1.165, 1.54) is 11.3 Å². The molecule has 98 valence electrons. The van der Waals surface area contributed by atoms with Gasteiger partial charge in [0.1, 0.15) is 4.70 Å². The first-order chi connectivity index (χ1) is 8.38. The number of nitrogens with zero attached hydrogens (tertiary/aromatic N) is 2. The molecule has 0 aromatic carbocycles. The van der Waals surface area contributed by atoms with E-state index >= 15 is 0 Å². The molecule has 0 saturated carbocycles. The van der Waals surface area contributed by atoms with E-state index < -0.39 is 0 Å². The fourth-order valence-electron chi connectivity index (χ4n) is 1.67. The second-order valence-electron chi connectivity index (χ2n) is 5.30. The second-order valence-corrected chi connectivity index (χ2v) is 8.10. The molecule has 18 heavy (non-hydrogen) atoms. The molecule has 0 aliphatic carbocycles. The van der Waals surface area contributed by atoms with Gasteiger partial charge in [0, 0.05) is 17.0 Å². The Balaban J connectivity index is 2.20. The van der Waals surface area contributed by atoms with E-state index in [9.17, 15) is 4.79 Å². The van der Waals surface area contributed by atoms with Crippen LogP contribution < -0.4 is 5.56 Å². The zero-order valence-corrected chi connectivity index (χ0v) is 12.8. The van der Waals surface area contributed by atoms with Gasteiger partial charge in [-0.3, -0.25) is 9.36 Å². The van der Waals surface area contributed by atoms with Crippen LogP contribution >= 0.6 is 23.1 Å². The largest absolute Gasteiger partial charge is 0.297 e. The van der Waals surface area contributed by atoms with Crippen LogP contribution in [0.2, 0.25) is 0 Å². The topological polar surface area (TPSA) is 34.9 Å². The van der Waals surface area contributed by atoms with Crippen LogP contribution in [0.4, 0.5) is 0 Å². The average Bonchev–Trinajstić information content (AvgIpc) is 2.63. The van der Waals surface area contributed by atoms with Crippen LogP contribution in [0.15, 0.2) is 16.5 Å². The van der Waals surface area contributed by atoms with Crippen LogP contribution in [0.25, 0.3) is 10.2 Å². The third kappa shape index (κ3) is 2.95. The van der Waals surface area contributed by atoms with Gasteiger partial charge in [0.05, 0.1) is 11.8 Å². The number of thiophene rings is 1. The van der Waals surface area contributed by atoms with Gasteiger partial charge in [0.2, 0.25) is 0 Å². The van der Waals surface area contributed by atoms with Crippen molar-refractivity contribution < 1.29 is 0 Å². The van der Waals surface area contributed by atoms with Crippen LogP contribution in [0.3, 0.4) is 0 Å². The minimum absolute atomic E-state index is 0.0904. The van der Waals surface area contributed by atoms with Crippen molar-refractivity contribution in [3.63, 3.8) is 0 Å². The van der Waals surface area contributed by atoms with Gasteiger partial charge in [-0.1, -0.05) is 20.8 Å². The molecule has 0 unspecified atom stereocenters. The summed E-state index contributed by atoms with van der Waals surface area (Å²) in [7, 11) is 0. The Morgan fingerprint density at radius 1 is 1.44 bits per heavy atom. The summed E-state index contributed by atoms with van der Waals surface area (Å²) < 4.78 is 2.73. The predicted octanol–water partition coefficient (Wildman–Crippen LogP) is 3.30. The Morgan fingerprint density at radius 2 is 2.17 bits per heavy atom. The molecule has 3 nitrogen and oxygen atoms in total. The van der Waals surface area contributed by atoms with Gasteiger partial charge in [-0.15, -0.1) is 11.3 Å². The van der Waals surface area contributed by atoms with Crippen LogP contribution in [-0.2, 0) is 6.54 Å². The Kier molecular flexibility index (Phi) is 3.82. The Labute approximate surface area is 115 Å². The number of fused-ring (bicyclic) bond motifs is 1. The predicted molar refractivity (Wildman–Crippen MR) is 80.8 cm³/mol. The van der Waals surface area contributed by atoms with Crippen molar-refractivity contribution in [3.8, 4) is 0 Å². The van der Waals surface area contributed by atoms with Crippen molar-refractivity contribution >= 4 is 33.3 Å². The monoisotopic (exact) mass is 282 g/mol. The number of aromatic nitrogens is 2. The van der Waals surface area contributed by atoms with Gasteiger partial charge in [-0.25, -0.2) is 4.98 Å². The van der Waals surface area contributed by atoms with Crippen molar-refractivity contribution in [2.75, 3.05) is 5.75 Å². The van der Waals surface area contributed by atoms with Gasteiger partial charge < -0.3 is 0 Å². The molecular weight excluding hydrogens is 264 g/mol. The van der Waals surface area contributed by atoms with Crippen molar-refractivity contribution in [2.45, 2.75) is 39.0 Å². The Morgan fingerprint density at radius 3 is 2.83 bits per heavy atom. The maximum Gasteiger partial charge on any atom is 0.271 e.